The van der Waals surface area contributed by atoms with Crippen LogP contribution in [0.5, 0.6) is 0 Å². The zero-order chi connectivity index (χ0) is 70.6. The molecule has 0 nitrogen and oxygen atoms in total. The molecule has 0 amide bonds. The van der Waals surface area contributed by atoms with Crippen molar-refractivity contribution in [1.29, 1.82) is 0 Å². The number of halogens is 4. The number of benzene rings is 12. The molecule has 100 heavy (non-hydrogen) atoms. The summed E-state index contributed by atoms with van der Waals surface area (Å²) in [6.07, 6.45) is 18.1. The minimum Gasteiger partial charge on any atom is -0.206 e. The molecule has 0 saturated carbocycles. The number of unbranched alkanes of at least 4 members (excludes halogenated alkanes) is 4. The van der Waals surface area contributed by atoms with Gasteiger partial charge >= 0.3 is 0 Å². The van der Waals surface area contributed by atoms with Crippen LogP contribution in [-0.4, -0.2) is 0 Å². The number of rotatable bonds is 24. The maximum atomic E-state index is 14.7. The molecule has 0 aliphatic carbocycles. The third-order valence-electron chi connectivity index (χ3n) is 18.9. The van der Waals surface area contributed by atoms with Crippen LogP contribution in [0.1, 0.15) is 151 Å². The second-order valence-corrected chi connectivity index (χ2v) is 26.2. The lowest BCUT2D eigenvalue weighted by atomic mass is 9.97. The van der Waals surface area contributed by atoms with Crippen LogP contribution >= 0.6 is 0 Å². The summed E-state index contributed by atoms with van der Waals surface area (Å²) in [5.74, 6) is -0.677. The Morgan fingerprint density at radius 2 is 0.350 bits per heavy atom. The van der Waals surface area contributed by atoms with Crippen molar-refractivity contribution in [3.63, 3.8) is 0 Å². The summed E-state index contributed by atoms with van der Waals surface area (Å²) >= 11 is 0. The van der Waals surface area contributed by atoms with Crippen LogP contribution < -0.4 is 0 Å². The van der Waals surface area contributed by atoms with E-state index in [-0.39, 0.29) is 23.3 Å². The molecule has 0 aliphatic rings. The Labute approximate surface area is 595 Å². The Morgan fingerprint density at radius 3 is 0.530 bits per heavy atom. The van der Waals surface area contributed by atoms with E-state index in [2.05, 4.69) is 201 Å². The third-order valence-corrected chi connectivity index (χ3v) is 18.9. The number of aryl methyl sites for hydroxylation is 8. The standard InChI is InChI=1S/2C25H27F.2C23H23F/c1-3-5-6-7-20-10-12-21(13-11-20)23-16-17-24(25(26)18-23)22-14-8-19(4-2)9-15-22;1-3-5-6-7-20-10-14-22(15-11-20)24-17-16-23(18-25(24)26)21-12-8-19(4-2)9-13-21;1-3-5-18-8-10-19(11-9-18)21-14-15-22(23(24)16-21)20-12-6-17(4-2)7-13-20;1-3-5-18-8-12-20(13-9-18)22-15-14-21(16-23(22)24)19-10-6-17(4-2)7-11-19/h2*8-18H,3-7H2,1-2H3;2*6-16H,3-5H2,1-2H3. The van der Waals surface area contributed by atoms with Crippen molar-refractivity contribution in [2.75, 3.05) is 0 Å². The van der Waals surface area contributed by atoms with Gasteiger partial charge in [0.15, 0.2) is 0 Å². The summed E-state index contributed by atoms with van der Waals surface area (Å²) in [4.78, 5) is 0. The van der Waals surface area contributed by atoms with Crippen molar-refractivity contribution < 1.29 is 17.6 Å². The lowest BCUT2D eigenvalue weighted by Crippen LogP contribution is -1.89. The molecule has 12 aromatic carbocycles. The lowest BCUT2D eigenvalue weighted by molar-refractivity contribution is 0.631. The first-order valence-corrected chi connectivity index (χ1v) is 36.8. The largest absolute Gasteiger partial charge is 0.206 e. The van der Waals surface area contributed by atoms with Crippen molar-refractivity contribution in [3.8, 4) is 89.0 Å². The Balaban J connectivity index is 0.000000156. The van der Waals surface area contributed by atoms with Crippen molar-refractivity contribution in [2.45, 2.75) is 158 Å². The van der Waals surface area contributed by atoms with E-state index in [0.717, 1.165) is 131 Å². The molecule has 0 aliphatic heterocycles. The average molecular weight is 1330 g/mol. The van der Waals surface area contributed by atoms with Gasteiger partial charge < -0.3 is 0 Å². The normalized spacial score (nSPS) is 10.8. The highest BCUT2D eigenvalue weighted by molar-refractivity contribution is 5.75. The van der Waals surface area contributed by atoms with Gasteiger partial charge in [-0.3, -0.25) is 0 Å². The zero-order valence-electron chi connectivity index (χ0n) is 60.2. The van der Waals surface area contributed by atoms with Crippen molar-refractivity contribution in [1.82, 2.24) is 0 Å². The molecule has 512 valence electrons. The van der Waals surface area contributed by atoms with Gasteiger partial charge in [-0.1, -0.05) is 337 Å². The molecule has 0 spiro atoms. The highest BCUT2D eigenvalue weighted by atomic mass is 19.1. The molecular weight excluding hydrogens is 1230 g/mol. The molecule has 12 aromatic rings. The second kappa shape index (κ2) is 38.6. The van der Waals surface area contributed by atoms with E-state index in [1.807, 2.05) is 97.1 Å². The fourth-order valence-corrected chi connectivity index (χ4v) is 12.6. The number of hydrogen-bond donors (Lipinski definition) is 0. The van der Waals surface area contributed by atoms with Gasteiger partial charge in [-0.15, -0.1) is 0 Å². The van der Waals surface area contributed by atoms with Crippen LogP contribution in [0.25, 0.3) is 89.0 Å². The molecular formula is C96H100F4. The Kier molecular flexibility index (Phi) is 28.8. The van der Waals surface area contributed by atoms with Gasteiger partial charge in [0.2, 0.25) is 0 Å². The quantitative estimate of drug-likeness (QED) is 0.0418. The van der Waals surface area contributed by atoms with E-state index < -0.39 is 0 Å². The Morgan fingerprint density at radius 1 is 0.170 bits per heavy atom. The molecule has 0 fully saturated rings. The van der Waals surface area contributed by atoms with Gasteiger partial charge in [0.1, 0.15) is 23.3 Å². The molecule has 0 saturated heterocycles. The van der Waals surface area contributed by atoms with Gasteiger partial charge in [-0.25, -0.2) is 17.6 Å². The lowest BCUT2D eigenvalue weighted by Gasteiger charge is -2.09. The van der Waals surface area contributed by atoms with E-state index >= 15 is 0 Å². The SMILES string of the molecule is CCCCCc1ccc(-c2ccc(-c3ccc(CC)cc3)c(F)c2)cc1.CCCCCc1ccc(-c2ccc(-c3ccc(CC)cc3)cc2F)cc1.CCCc1ccc(-c2ccc(-c3ccc(CC)cc3)c(F)c2)cc1.CCCc1ccc(-c2ccc(-c3ccc(CC)cc3)cc2F)cc1. The molecule has 0 N–H and O–H groups in total. The van der Waals surface area contributed by atoms with E-state index in [9.17, 15) is 17.6 Å². The predicted molar refractivity (Wildman–Crippen MR) is 421 cm³/mol. The topological polar surface area (TPSA) is 0 Å². The minimum atomic E-state index is -0.172. The fraction of sp³-hybridized carbons (Fsp3) is 0.250. The molecule has 0 aromatic heterocycles. The first kappa shape index (κ1) is 74.6. The van der Waals surface area contributed by atoms with Gasteiger partial charge in [-0.05, 0) is 200 Å². The van der Waals surface area contributed by atoms with Crippen molar-refractivity contribution >= 4 is 0 Å². The Hall–Kier alpha value is -9.64. The van der Waals surface area contributed by atoms with Crippen LogP contribution in [0.4, 0.5) is 17.6 Å². The summed E-state index contributed by atoms with van der Waals surface area (Å²) in [5, 5.41) is 0. The van der Waals surface area contributed by atoms with E-state index in [4.69, 9.17) is 0 Å². The predicted octanol–water partition coefficient (Wildman–Crippen LogP) is 28.3. The summed E-state index contributed by atoms with van der Waals surface area (Å²) in [7, 11) is 0. The fourth-order valence-electron chi connectivity index (χ4n) is 12.6. The van der Waals surface area contributed by atoms with Gasteiger partial charge in [-0.2, -0.15) is 0 Å². The minimum absolute atomic E-state index is 0.166. The van der Waals surface area contributed by atoms with E-state index in [1.54, 1.807) is 24.3 Å². The van der Waals surface area contributed by atoms with Gasteiger partial charge in [0.25, 0.3) is 0 Å². The number of hydrogen-bond acceptors (Lipinski definition) is 0. The van der Waals surface area contributed by atoms with Crippen LogP contribution in [0.2, 0.25) is 0 Å². The van der Waals surface area contributed by atoms with Crippen LogP contribution in [0, 0.1) is 23.3 Å². The van der Waals surface area contributed by atoms with Gasteiger partial charge in [0, 0.05) is 22.3 Å². The molecule has 0 unspecified atom stereocenters. The van der Waals surface area contributed by atoms with Crippen LogP contribution in [-0.2, 0) is 51.4 Å². The molecule has 0 bridgehead atoms. The zero-order valence-corrected chi connectivity index (χ0v) is 60.2. The van der Waals surface area contributed by atoms with E-state index in [1.165, 1.54) is 83.0 Å². The summed E-state index contributed by atoms with van der Waals surface area (Å²) in [5.41, 5.74) is 24.7. The maximum absolute atomic E-state index is 14.7. The monoisotopic (exact) mass is 1330 g/mol. The first-order chi connectivity index (χ1) is 48.8. The van der Waals surface area contributed by atoms with E-state index in [0.29, 0.717) is 22.3 Å². The van der Waals surface area contributed by atoms with Gasteiger partial charge in [0.05, 0.1) is 0 Å². The smallest absolute Gasteiger partial charge is 0.131 e. The molecule has 0 atom stereocenters. The van der Waals surface area contributed by atoms with Crippen LogP contribution in [0.3, 0.4) is 0 Å². The highest BCUT2D eigenvalue weighted by Crippen LogP contribution is 2.34. The molecule has 0 radical (unpaired) electrons. The summed E-state index contributed by atoms with van der Waals surface area (Å²) in [6.45, 7) is 17.3. The molecule has 4 heteroatoms. The summed E-state index contributed by atoms with van der Waals surface area (Å²) in [6, 6.07) is 88.6. The maximum Gasteiger partial charge on any atom is 0.131 e. The second-order valence-electron chi connectivity index (χ2n) is 26.2. The van der Waals surface area contributed by atoms with Crippen molar-refractivity contribution in [3.05, 3.63) is 335 Å². The van der Waals surface area contributed by atoms with Crippen LogP contribution in [0.15, 0.2) is 267 Å². The molecule has 12 rings (SSSR count). The molecule has 0 heterocycles. The third kappa shape index (κ3) is 21.2. The first-order valence-electron chi connectivity index (χ1n) is 36.8. The Bertz CT molecular complexity index is 4410. The van der Waals surface area contributed by atoms with Crippen molar-refractivity contribution in [2.24, 2.45) is 0 Å². The highest BCUT2D eigenvalue weighted by Gasteiger charge is 2.13. The summed E-state index contributed by atoms with van der Waals surface area (Å²) < 4.78 is 58.6. The average Bonchev–Trinajstić information content (AvgIpc) is 0.835.